The van der Waals surface area contributed by atoms with Crippen molar-refractivity contribution in [1.29, 1.82) is 0 Å². The van der Waals surface area contributed by atoms with Crippen LogP contribution < -0.4 is 0 Å². The zero-order chi connectivity index (χ0) is 71.6. The van der Waals surface area contributed by atoms with Crippen LogP contribution in [0.25, 0.3) is 0 Å². The van der Waals surface area contributed by atoms with Gasteiger partial charge < -0.3 is 33.8 Å². The summed E-state index contributed by atoms with van der Waals surface area (Å²) in [5.41, 5.74) is 0. The Bertz CT molecular complexity index is 1890. The van der Waals surface area contributed by atoms with Crippen LogP contribution in [0, 0.1) is 17.8 Å². The molecule has 0 aromatic carbocycles. The molecule has 3 N–H and O–H groups in total. The van der Waals surface area contributed by atoms with Gasteiger partial charge in [0.1, 0.15) is 19.3 Å². The number of esters is 4. The lowest BCUT2D eigenvalue weighted by Gasteiger charge is -2.21. The van der Waals surface area contributed by atoms with Crippen molar-refractivity contribution in [3.8, 4) is 0 Å². The summed E-state index contributed by atoms with van der Waals surface area (Å²) >= 11 is 0. The average molecular weight is 1420 g/mol. The molecule has 97 heavy (non-hydrogen) atoms. The fourth-order valence-corrected chi connectivity index (χ4v) is 13.5. The third-order valence-corrected chi connectivity index (χ3v) is 20.0. The summed E-state index contributed by atoms with van der Waals surface area (Å²) in [5, 5.41) is 10.6. The van der Waals surface area contributed by atoms with Crippen LogP contribution in [0.5, 0.6) is 0 Å². The number of phosphoric ester groups is 2. The van der Waals surface area contributed by atoms with Crippen LogP contribution in [0.15, 0.2) is 0 Å². The molecule has 0 aliphatic heterocycles. The van der Waals surface area contributed by atoms with E-state index in [4.69, 9.17) is 37.0 Å². The van der Waals surface area contributed by atoms with Crippen LogP contribution in [-0.4, -0.2) is 96.7 Å². The molecule has 0 saturated carbocycles. The molecule has 5 atom stereocenters. The summed E-state index contributed by atoms with van der Waals surface area (Å²) in [7, 11) is -9.91. The summed E-state index contributed by atoms with van der Waals surface area (Å²) in [4.78, 5) is 72.8. The van der Waals surface area contributed by atoms with Gasteiger partial charge in [-0.15, -0.1) is 0 Å². The first kappa shape index (κ1) is 95.1. The van der Waals surface area contributed by atoms with Gasteiger partial charge in [-0.1, -0.05) is 350 Å². The monoisotopic (exact) mass is 1420 g/mol. The second-order valence-electron chi connectivity index (χ2n) is 29.5. The standard InChI is InChI=1S/C78H152O17P2/c1-8-9-10-11-12-13-31-38-45-52-59-75(80)88-66-74(95-78(83)62-55-48-41-34-37-44-51-58-71(6)7)68-93-97(86,87)91-64-72(79)63-90-96(84,85)92-67-73(65-89-76(81)60-53-46-39-32-27-24-20-22-26-30-36-43-50-57-70(4)5)94-77(82)61-54-47-40-33-28-23-19-17-15-14-16-18-21-25-29-35-42-49-56-69(2)3/h69-74,79H,8-68H2,1-7H3,(H,84,85)(H,86,87)/t72-,73-,74-/m1/s1. The highest BCUT2D eigenvalue weighted by Gasteiger charge is 2.30. The fraction of sp³-hybridized carbons (Fsp3) is 0.949. The van der Waals surface area contributed by atoms with Crippen molar-refractivity contribution >= 4 is 39.5 Å². The van der Waals surface area contributed by atoms with E-state index < -0.39 is 97.5 Å². The Hall–Kier alpha value is -1.94. The molecule has 0 amide bonds. The largest absolute Gasteiger partial charge is 0.472 e. The van der Waals surface area contributed by atoms with E-state index in [0.717, 1.165) is 102 Å². The van der Waals surface area contributed by atoms with Crippen molar-refractivity contribution in [3.63, 3.8) is 0 Å². The van der Waals surface area contributed by atoms with Crippen molar-refractivity contribution in [1.82, 2.24) is 0 Å². The van der Waals surface area contributed by atoms with Crippen molar-refractivity contribution in [2.45, 2.75) is 420 Å². The smallest absolute Gasteiger partial charge is 0.462 e. The third kappa shape index (κ3) is 72.2. The molecule has 0 aromatic heterocycles. The van der Waals surface area contributed by atoms with Crippen LogP contribution in [0.2, 0.25) is 0 Å². The van der Waals surface area contributed by atoms with Gasteiger partial charge in [0.05, 0.1) is 26.4 Å². The Morgan fingerprint density at radius 2 is 0.474 bits per heavy atom. The number of hydrogen-bond acceptors (Lipinski definition) is 15. The van der Waals surface area contributed by atoms with Gasteiger partial charge >= 0.3 is 39.5 Å². The van der Waals surface area contributed by atoms with Gasteiger partial charge in [0, 0.05) is 25.7 Å². The van der Waals surface area contributed by atoms with Gasteiger partial charge in [-0.2, -0.15) is 0 Å². The number of carbonyl (C=O) groups is 4. The number of carbonyl (C=O) groups excluding carboxylic acids is 4. The van der Waals surface area contributed by atoms with Gasteiger partial charge in [0.2, 0.25) is 0 Å². The SMILES string of the molecule is CCCCCCCCCCCCC(=O)OC[C@H](COP(=O)(O)OC[C@H](O)COP(=O)(O)OC[C@@H](COC(=O)CCCCCCCCCCCCCCCC(C)C)OC(=O)CCCCCCCCCCCCCCCCCCCCC(C)C)OC(=O)CCCCCCCCCC(C)C. The zero-order valence-corrected chi connectivity index (χ0v) is 65.3. The first-order valence-corrected chi connectivity index (χ1v) is 43.3. The van der Waals surface area contributed by atoms with Crippen LogP contribution in [0.4, 0.5) is 0 Å². The van der Waals surface area contributed by atoms with Crippen molar-refractivity contribution < 1.29 is 80.2 Å². The highest BCUT2D eigenvalue weighted by atomic mass is 31.2. The van der Waals surface area contributed by atoms with Gasteiger partial charge in [-0.3, -0.25) is 37.3 Å². The molecule has 0 fully saturated rings. The average Bonchev–Trinajstić information content (AvgIpc) is 0.972. The molecule has 0 rings (SSSR count). The minimum absolute atomic E-state index is 0.104. The Labute approximate surface area is 594 Å². The van der Waals surface area contributed by atoms with Gasteiger partial charge in [0.15, 0.2) is 12.2 Å². The van der Waals surface area contributed by atoms with E-state index in [2.05, 4.69) is 48.5 Å². The molecule has 0 spiro atoms. The minimum atomic E-state index is -4.96. The van der Waals surface area contributed by atoms with E-state index >= 15 is 0 Å². The van der Waals surface area contributed by atoms with E-state index in [-0.39, 0.29) is 25.7 Å². The van der Waals surface area contributed by atoms with E-state index in [0.29, 0.717) is 31.6 Å². The highest BCUT2D eigenvalue weighted by molar-refractivity contribution is 7.47. The molecule has 17 nitrogen and oxygen atoms in total. The number of hydrogen-bond donors (Lipinski definition) is 3. The number of unbranched alkanes of at least 4 members (excludes halogenated alkanes) is 44. The molecule has 19 heteroatoms. The molecule has 0 heterocycles. The van der Waals surface area contributed by atoms with Crippen molar-refractivity contribution in [2.24, 2.45) is 17.8 Å². The first-order valence-electron chi connectivity index (χ1n) is 40.3. The maximum Gasteiger partial charge on any atom is 0.472 e. The summed E-state index contributed by atoms with van der Waals surface area (Å²) in [6, 6.07) is 0. The van der Waals surface area contributed by atoms with E-state index in [9.17, 15) is 43.2 Å². The van der Waals surface area contributed by atoms with Crippen LogP contribution in [-0.2, 0) is 65.4 Å². The predicted octanol–water partition coefficient (Wildman–Crippen LogP) is 23.0. The van der Waals surface area contributed by atoms with Gasteiger partial charge in [-0.05, 0) is 43.4 Å². The summed E-state index contributed by atoms with van der Waals surface area (Å²) < 4.78 is 68.5. The lowest BCUT2D eigenvalue weighted by Crippen LogP contribution is -2.30. The maximum atomic E-state index is 13.1. The molecule has 2 unspecified atom stereocenters. The molecular weight excluding hydrogens is 1270 g/mol. The van der Waals surface area contributed by atoms with E-state index in [1.807, 2.05) is 0 Å². The number of aliphatic hydroxyl groups excluding tert-OH is 1. The molecule has 0 radical (unpaired) electrons. The molecule has 0 bridgehead atoms. The van der Waals surface area contributed by atoms with Crippen molar-refractivity contribution in [2.75, 3.05) is 39.6 Å². The second kappa shape index (κ2) is 68.5. The Kier molecular flexibility index (Phi) is 67.1. The number of phosphoric acid groups is 2. The van der Waals surface area contributed by atoms with Gasteiger partial charge in [-0.25, -0.2) is 9.13 Å². The normalized spacial score (nSPS) is 14.0. The quantitative estimate of drug-likeness (QED) is 0.0222. The minimum Gasteiger partial charge on any atom is -0.462 e. The van der Waals surface area contributed by atoms with E-state index in [1.165, 1.54) is 212 Å². The van der Waals surface area contributed by atoms with E-state index in [1.54, 1.807) is 0 Å². The molecule has 0 aliphatic rings. The summed E-state index contributed by atoms with van der Waals surface area (Å²) in [6.45, 7) is 11.9. The lowest BCUT2D eigenvalue weighted by molar-refractivity contribution is -0.161. The number of rotatable bonds is 76. The molecule has 0 aromatic rings. The Morgan fingerprint density at radius 3 is 0.701 bits per heavy atom. The van der Waals surface area contributed by atoms with Crippen LogP contribution >= 0.6 is 15.6 Å². The van der Waals surface area contributed by atoms with Gasteiger partial charge in [0.25, 0.3) is 0 Å². The lowest BCUT2D eigenvalue weighted by atomic mass is 10.0. The number of ether oxygens (including phenoxy) is 4. The molecule has 0 aliphatic carbocycles. The third-order valence-electron chi connectivity index (χ3n) is 18.1. The van der Waals surface area contributed by atoms with Crippen LogP contribution in [0.1, 0.15) is 402 Å². The topological polar surface area (TPSA) is 237 Å². The predicted molar refractivity (Wildman–Crippen MR) is 395 cm³/mol. The first-order chi connectivity index (χ1) is 46.7. The fourth-order valence-electron chi connectivity index (χ4n) is 12.0. The Morgan fingerprint density at radius 1 is 0.278 bits per heavy atom. The van der Waals surface area contributed by atoms with Crippen LogP contribution in [0.3, 0.4) is 0 Å². The highest BCUT2D eigenvalue weighted by Crippen LogP contribution is 2.45. The maximum absolute atomic E-state index is 13.1. The van der Waals surface area contributed by atoms with Crippen molar-refractivity contribution in [3.05, 3.63) is 0 Å². The zero-order valence-electron chi connectivity index (χ0n) is 63.5. The molecule has 576 valence electrons. The number of aliphatic hydroxyl groups is 1. The Balaban J connectivity index is 5.20. The molecule has 0 saturated heterocycles. The molecular formula is C78H152O17P2. The summed E-state index contributed by atoms with van der Waals surface area (Å²) in [6.07, 6.45) is 55.7. The summed E-state index contributed by atoms with van der Waals surface area (Å²) in [5.74, 6) is 0.189. The second-order valence-corrected chi connectivity index (χ2v) is 32.4.